The Morgan fingerprint density at radius 1 is 0.774 bits per heavy atom. The highest BCUT2D eigenvalue weighted by Gasteiger charge is 2.30. The molecule has 160 valence electrons. The summed E-state index contributed by atoms with van der Waals surface area (Å²) < 4.78 is 0. The highest BCUT2D eigenvalue weighted by Crippen LogP contribution is 2.31. The Kier molecular flexibility index (Phi) is 5.83. The Morgan fingerprint density at radius 2 is 1.45 bits per heavy atom. The van der Waals surface area contributed by atoms with E-state index in [1.54, 1.807) is 0 Å². The normalized spacial score (nSPS) is 18.2. The van der Waals surface area contributed by atoms with Gasteiger partial charge in [0.2, 0.25) is 5.91 Å². The van der Waals surface area contributed by atoms with E-state index in [-0.39, 0.29) is 5.92 Å². The fourth-order valence-corrected chi connectivity index (χ4v) is 4.90. The van der Waals surface area contributed by atoms with Gasteiger partial charge in [-0.25, -0.2) is 9.97 Å². The predicted octanol–water partition coefficient (Wildman–Crippen LogP) is 4.92. The number of carbonyl (C=O) groups is 1. The molecule has 0 spiro atoms. The van der Waals surface area contributed by atoms with Crippen molar-refractivity contribution in [2.24, 2.45) is 5.92 Å². The zero-order valence-corrected chi connectivity index (χ0v) is 18.0. The summed E-state index contributed by atoms with van der Waals surface area (Å²) in [6, 6.07) is 18.4. The standard InChI is InChI=1S/C26H30N4O/c31-26(30-16-8-1-2-9-17-30)21-14-18-29(19-15-21)25-22-12-6-7-13-23(22)27-24(28-25)20-10-4-3-5-11-20/h3-7,10-13,21H,1-2,8-9,14-19H2. The Balaban J connectivity index is 1.37. The minimum absolute atomic E-state index is 0.149. The lowest BCUT2D eigenvalue weighted by molar-refractivity contribution is -0.136. The molecule has 1 amide bonds. The van der Waals surface area contributed by atoms with Crippen molar-refractivity contribution in [3.63, 3.8) is 0 Å². The number of carbonyl (C=O) groups excluding carboxylic acids is 1. The van der Waals surface area contributed by atoms with Gasteiger partial charge in [0.05, 0.1) is 5.52 Å². The van der Waals surface area contributed by atoms with Crippen LogP contribution in [0.1, 0.15) is 38.5 Å². The van der Waals surface area contributed by atoms with E-state index in [4.69, 9.17) is 9.97 Å². The van der Waals surface area contributed by atoms with Crippen LogP contribution in [0.15, 0.2) is 54.6 Å². The van der Waals surface area contributed by atoms with Crippen molar-refractivity contribution in [3.05, 3.63) is 54.6 Å². The van der Waals surface area contributed by atoms with Crippen LogP contribution in [0.5, 0.6) is 0 Å². The summed E-state index contributed by atoms with van der Waals surface area (Å²) >= 11 is 0. The third-order valence-electron chi connectivity index (χ3n) is 6.68. The van der Waals surface area contributed by atoms with Crippen molar-refractivity contribution >= 4 is 22.6 Å². The van der Waals surface area contributed by atoms with Crippen LogP contribution in [0.3, 0.4) is 0 Å². The average molecular weight is 415 g/mol. The van der Waals surface area contributed by atoms with Crippen molar-refractivity contribution in [2.75, 3.05) is 31.1 Å². The first kappa shape index (κ1) is 20.0. The molecule has 0 saturated carbocycles. The quantitative estimate of drug-likeness (QED) is 0.611. The predicted molar refractivity (Wildman–Crippen MR) is 125 cm³/mol. The third kappa shape index (κ3) is 4.27. The second-order valence-electron chi connectivity index (χ2n) is 8.75. The molecule has 5 nitrogen and oxygen atoms in total. The molecule has 2 aliphatic rings. The molecule has 3 heterocycles. The van der Waals surface area contributed by atoms with Crippen LogP contribution in [0.2, 0.25) is 0 Å². The molecule has 31 heavy (non-hydrogen) atoms. The van der Waals surface area contributed by atoms with E-state index in [9.17, 15) is 4.79 Å². The molecule has 5 rings (SSSR count). The highest BCUT2D eigenvalue weighted by molar-refractivity contribution is 5.91. The van der Waals surface area contributed by atoms with Gasteiger partial charge in [-0.05, 0) is 37.8 Å². The van der Waals surface area contributed by atoms with Gasteiger partial charge in [0, 0.05) is 43.0 Å². The molecule has 0 N–H and O–H groups in total. The number of fused-ring (bicyclic) bond motifs is 1. The molecule has 2 saturated heterocycles. The SMILES string of the molecule is O=C(C1CCN(c2nc(-c3ccccc3)nc3ccccc23)CC1)N1CCCCCC1. The molecule has 0 unspecified atom stereocenters. The number of rotatable bonds is 3. The molecular formula is C26H30N4O. The minimum Gasteiger partial charge on any atom is -0.356 e. The summed E-state index contributed by atoms with van der Waals surface area (Å²) in [6.45, 7) is 3.60. The topological polar surface area (TPSA) is 49.3 Å². The summed E-state index contributed by atoms with van der Waals surface area (Å²) in [5, 5.41) is 1.08. The lowest BCUT2D eigenvalue weighted by Crippen LogP contribution is -2.43. The Labute approximate surface area is 184 Å². The second-order valence-corrected chi connectivity index (χ2v) is 8.75. The molecule has 2 fully saturated rings. The number of anilines is 1. The van der Waals surface area contributed by atoms with Crippen LogP contribution in [-0.2, 0) is 4.79 Å². The van der Waals surface area contributed by atoms with Gasteiger partial charge in [-0.2, -0.15) is 0 Å². The minimum atomic E-state index is 0.149. The van der Waals surface area contributed by atoms with Crippen LogP contribution >= 0.6 is 0 Å². The molecule has 2 aliphatic heterocycles. The van der Waals surface area contributed by atoms with Gasteiger partial charge in [0.15, 0.2) is 5.82 Å². The van der Waals surface area contributed by atoms with Crippen LogP contribution < -0.4 is 4.90 Å². The van der Waals surface area contributed by atoms with E-state index >= 15 is 0 Å². The van der Waals surface area contributed by atoms with Crippen LogP contribution in [0.25, 0.3) is 22.3 Å². The average Bonchev–Trinajstić information content (AvgIpc) is 3.13. The smallest absolute Gasteiger partial charge is 0.225 e. The molecule has 3 aromatic rings. The first-order valence-corrected chi connectivity index (χ1v) is 11.7. The summed E-state index contributed by atoms with van der Waals surface area (Å²) in [5.74, 6) is 2.28. The number of nitrogens with zero attached hydrogens (tertiary/aromatic N) is 4. The first-order valence-electron chi connectivity index (χ1n) is 11.7. The maximum Gasteiger partial charge on any atom is 0.225 e. The summed E-state index contributed by atoms with van der Waals surface area (Å²) in [6.07, 6.45) is 6.61. The Hall–Kier alpha value is -2.95. The number of hydrogen-bond acceptors (Lipinski definition) is 4. The zero-order valence-electron chi connectivity index (χ0n) is 18.0. The summed E-state index contributed by atoms with van der Waals surface area (Å²) in [4.78, 5) is 27.4. The molecule has 0 aliphatic carbocycles. The molecule has 0 atom stereocenters. The molecule has 0 radical (unpaired) electrons. The van der Waals surface area contributed by atoms with Crippen molar-refractivity contribution in [3.8, 4) is 11.4 Å². The number of hydrogen-bond donors (Lipinski definition) is 0. The summed E-state index contributed by atoms with van der Waals surface area (Å²) in [7, 11) is 0. The van der Waals surface area contributed by atoms with Gasteiger partial charge in [0.1, 0.15) is 5.82 Å². The lowest BCUT2D eigenvalue weighted by Gasteiger charge is -2.35. The molecule has 5 heteroatoms. The summed E-state index contributed by atoms with van der Waals surface area (Å²) in [5.41, 5.74) is 2.00. The van der Waals surface area contributed by atoms with E-state index in [1.165, 1.54) is 12.8 Å². The van der Waals surface area contributed by atoms with Crippen LogP contribution in [0, 0.1) is 5.92 Å². The van der Waals surface area contributed by atoms with Crippen LogP contribution in [0.4, 0.5) is 5.82 Å². The second kappa shape index (κ2) is 9.04. The van der Waals surface area contributed by atoms with Gasteiger partial charge in [-0.15, -0.1) is 0 Å². The van der Waals surface area contributed by atoms with Crippen molar-refractivity contribution < 1.29 is 4.79 Å². The fraction of sp³-hybridized carbons (Fsp3) is 0.423. The Morgan fingerprint density at radius 3 is 2.19 bits per heavy atom. The number of benzene rings is 2. The maximum atomic E-state index is 13.1. The molecule has 1 aromatic heterocycles. The van der Waals surface area contributed by atoms with E-state index in [2.05, 4.69) is 34.1 Å². The van der Waals surface area contributed by atoms with Gasteiger partial charge in [-0.1, -0.05) is 55.3 Å². The maximum absolute atomic E-state index is 13.1. The van der Waals surface area contributed by atoms with E-state index in [1.807, 2.05) is 30.3 Å². The van der Waals surface area contributed by atoms with Gasteiger partial charge in [-0.3, -0.25) is 4.79 Å². The number of aromatic nitrogens is 2. The van der Waals surface area contributed by atoms with Gasteiger partial charge < -0.3 is 9.80 Å². The van der Waals surface area contributed by atoms with E-state index in [0.717, 1.165) is 80.0 Å². The van der Waals surface area contributed by atoms with Crippen molar-refractivity contribution in [1.29, 1.82) is 0 Å². The largest absolute Gasteiger partial charge is 0.356 e. The highest BCUT2D eigenvalue weighted by atomic mass is 16.2. The van der Waals surface area contributed by atoms with Crippen molar-refractivity contribution in [2.45, 2.75) is 38.5 Å². The van der Waals surface area contributed by atoms with E-state index < -0.39 is 0 Å². The van der Waals surface area contributed by atoms with Gasteiger partial charge >= 0.3 is 0 Å². The lowest BCUT2D eigenvalue weighted by atomic mass is 9.95. The molecule has 2 aromatic carbocycles. The monoisotopic (exact) mass is 414 g/mol. The number of para-hydroxylation sites is 1. The van der Waals surface area contributed by atoms with Gasteiger partial charge in [0.25, 0.3) is 0 Å². The van der Waals surface area contributed by atoms with Crippen LogP contribution in [-0.4, -0.2) is 47.0 Å². The Bertz CT molecular complexity index is 1040. The first-order chi connectivity index (χ1) is 15.3. The molecule has 0 bridgehead atoms. The van der Waals surface area contributed by atoms with E-state index in [0.29, 0.717) is 5.91 Å². The van der Waals surface area contributed by atoms with Crippen molar-refractivity contribution in [1.82, 2.24) is 14.9 Å². The third-order valence-corrected chi connectivity index (χ3v) is 6.68. The number of piperidine rings is 1. The number of amides is 1. The zero-order chi connectivity index (χ0) is 21.0. The fourth-order valence-electron chi connectivity index (χ4n) is 4.90. The molecular weight excluding hydrogens is 384 g/mol. The number of likely N-dealkylation sites (tertiary alicyclic amines) is 1.